The second-order valence-corrected chi connectivity index (χ2v) is 5.50. The summed E-state index contributed by atoms with van der Waals surface area (Å²) in [5.74, 6) is 0.421. The number of hydrogen-bond donors (Lipinski definition) is 2. The lowest BCUT2D eigenvalue weighted by Crippen LogP contribution is -2.52. The molecule has 7 heteroatoms. The second kappa shape index (κ2) is 6.89. The van der Waals surface area contributed by atoms with Crippen LogP contribution in [0.25, 0.3) is 11.4 Å². The van der Waals surface area contributed by atoms with Crippen LogP contribution in [0.3, 0.4) is 0 Å². The van der Waals surface area contributed by atoms with Gasteiger partial charge in [-0.2, -0.15) is 4.98 Å². The summed E-state index contributed by atoms with van der Waals surface area (Å²) in [5, 5.41) is 6.66. The highest BCUT2D eigenvalue weighted by Crippen LogP contribution is 2.27. The average molecular weight is 323 g/mol. The Hall–Kier alpha value is -1.92. The van der Waals surface area contributed by atoms with E-state index in [1.165, 1.54) is 6.39 Å². The van der Waals surface area contributed by atoms with Crippen molar-refractivity contribution in [3.8, 4) is 11.4 Å². The minimum Gasteiger partial charge on any atom is -0.342 e. The second-order valence-electron chi connectivity index (χ2n) is 5.50. The molecular weight excluding hydrogens is 304 g/mol. The molecule has 1 aromatic carbocycles. The molecule has 0 aliphatic heterocycles. The van der Waals surface area contributed by atoms with E-state index in [2.05, 4.69) is 15.5 Å². The molecule has 0 unspecified atom stereocenters. The summed E-state index contributed by atoms with van der Waals surface area (Å²) in [7, 11) is 0. The third-order valence-electron chi connectivity index (χ3n) is 3.96. The monoisotopic (exact) mass is 322 g/mol. The van der Waals surface area contributed by atoms with Crippen molar-refractivity contribution in [2.24, 2.45) is 5.73 Å². The number of halogens is 1. The van der Waals surface area contributed by atoms with Gasteiger partial charge < -0.3 is 15.6 Å². The maximum absolute atomic E-state index is 12.3. The fraction of sp³-hybridized carbons (Fsp3) is 0.400. The molecule has 6 nitrogen and oxygen atoms in total. The zero-order valence-electron chi connectivity index (χ0n) is 12.1. The van der Waals surface area contributed by atoms with Crippen molar-refractivity contribution in [3.05, 3.63) is 30.7 Å². The van der Waals surface area contributed by atoms with Crippen LogP contribution in [0.2, 0.25) is 0 Å². The SMILES string of the molecule is Cl.NC1(C(=O)Nc2ccc(-c3ncon3)cc2)CCCCC1. The first kappa shape index (κ1) is 16.5. The van der Waals surface area contributed by atoms with Gasteiger partial charge >= 0.3 is 0 Å². The molecule has 1 aromatic heterocycles. The Balaban J connectivity index is 0.00000176. The number of nitrogens with two attached hydrogens (primary N) is 1. The lowest BCUT2D eigenvalue weighted by atomic mass is 9.82. The van der Waals surface area contributed by atoms with Crippen molar-refractivity contribution in [1.82, 2.24) is 10.1 Å². The molecule has 118 valence electrons. The first-order valence-electron chi connectivity index (χ1n) is 7.14. The highest BCUT2D eigenvalue weighted by atomic mass is 35.5. The molecule has 1 heterocycles. The van der Waals surface area contributed by atoms with Crippen molar-refractivity contribution in [2.45, 2.75) is 37.6 Å². The molecule has 0 spiro atoms. The molecule has 0 bridgehead atoms. The third-order valence-corrected chi connectivity index (χ3v) is 3.96. The van der Waals surface area contributed by atoms with E-state index in [4.69, 9.17) is 10.3 Å². The molecule has 0 saturated heterocycles. The van der Waals surface area contributed by atoms with Gasteiger partial charge in [-0.3, -0.25) is 4.79 Å². The van der Waals surface area contributed by atoms with E-state index in [1.54, 1.807) is 0 Å². The fourth-order valence-electron chi connectivity index (χ4n) is 2.67. The molecule has 22 heavy (non-hydrogen) atoms. The summed E-state index contributed by atoms with van der Waals surface area (Å²) in [4.78, 5) is 16.3. The molecule has 0 radical (unpaired) electrons. The molecule has 2 aromatic rings. The predicted octanol–water partition coefficient (Wildman–Crippen LogP) is 2.76. The van der Waals surface area contributed by atoms with Gasteiger partial charge in [0.1, 0.15) is 0 Å². The van der Waals surface area contributed by atoms with Gasteiger partial charge in [-0.05, 0) is 37.1 Å². The van der Waals surface area contributed by atoms with Gasteiger partial charge in [0.2, 0.25) is 18.1 Å². The lowest BCUT2D eigenvalue weighted by Gasteiger charge is -2.31. The van der Waals surface area contributed by atoms with Crippen LogP contribution in [0.15, 0.2) is 35.2 Å². The maximum atomic E-state index is 12.3. The number of benzene rings is 1. The van der Waals surface area contributed by atoms with E-state index >= 15 is 0 Å². The first-order chi connectivity index (χ1) is 10.2. The van der Waals surface area contributed by atoms with Crippen LogP contribution in [0.4, 0.5) is 5.69 Å². The summed E-state index contributed by atoms with van der Waals surface area (Å²) >= 11 is 0. The largest absolute Gasteiger partial charge is 0.342 e. The number of aromatic nitrogens is 2. The van der Waals surface area contributed by atoms with Crippen LogP contribution in [-0.2, 0) is 4.79 Å². The molecule has 1 fully saturated rings. The Labute approximate surface area is 134 Å². The fourth-order valence-corrected chi connectivity index (χ4v) is 2.67. The van der Waals surface area contributed by atoms with Gasteiger partial charge in [0, 0.05) is 11.3 Å². The van der Waals surface area contributed by atoms with E-state index in [0.717, 1.165) is 43.4 Å². The number of anilines is 1. The summed E-state index contributed by atoms with van der Waals surface area (Å²) < 4.78 is 4.71. The molecule has 0 atom stereocenters. The van der Waals surface area contributed by atoms with Crippen molar-refractivity contribution in [3.63, 3.8) is 0 Å². The summed E-state index contributed by atoms with van der Waals surface area (Å²) in [6.45, 7) is 0. The van der Waals surface area contributed by atoms with Crippen LogP contribution in [0, 0.1) is 0 Å². The Morgan fingerprint density at radius 2 is 1.86 bits per heavy atom. The quantitative estimate of drug-likeness (QED) is 0.906. The number of nitrogens with one attached hydrogen (secondary N) is 1. The number of carbonyl (C=O) groups excluding carboxylic acids is 1. The highest BCUT2D eigenvalue weighted by Gasteiger charge is 2.35. The minimum absolute atomic E-state index is 0. The van der Waals surface area contributed by atoms with Gasteiger partial charge in [-0.1, -0.05) is 24.4 Å². The normalized spacial score (nSPS) is 16.6. The summed E-state index contributed by atoms with van der Waals surface area (Å²) in [6, 6.07) is 7.31. The molecule has 1 saturated carbocycles. The molecular formula is C15H19ClN4O2. The van der Waals surface area contributed by atoms with Crippen molar-refractivity contribution >= 4 is 24.0 Å². The van der Waals surface area contributed by atoms with Crippen molar-refractivity contribution in [1.29, 1.82) is 0 Å². The van der Waals surface area contributed by atoms with Gasteiger partial charge in [0.15, 0.2) is 0 Å². The molecule has 3 N–H and O–H groups in total. The smallest absolute Gasteiger partial charge is 0.244 e. The lowest BCUT2D eigenvalue weighted by molar-refractivity contribution is -0.122. The van der Waals surface area contributed by atoms with E-state index < -0.39 is 5.54 Å². The number of hydrogen-bond acceptors (Lipinski definition) is 5. The van der Waals surface area contributed by atoms with Crippen molar-refractivity contribution < 1.29 is 9.32 Å². The van der Waals surface area contributed by atoms with E-state index in [1.807, 2.05) is 24.3 Å². The van der Waals surface area contributed by atoms with Crippen LogP contribution in [0.5, 0.6) is 0 Å². The van der Waals surface area contributed by atoms with Crippen LogP contribution in [-0.4, -0.2) is 21.6 Å². The van der Waals surface area contributed by atoms with Gasteiger partial charge in [0.25, 0.3) is 0 Å². The van der Waals surface area contributed by atoms with E-state index in [9.17, 15) is 4.79 Å². The number of rotatable bonds is 3. The summed E-state index contributed by atoms with van der Waals surface area (Å²) in [5.41, 5.74) is 7.04. The highest BCUT2D eigenvalue weighted by molar-refractivity contribution is 5.98. The number of amides is 1. The molecule has 1 amide bonds. The average Bonchev–Trinajstić information content (AvgIpc) is 3.03. The zero-order chi connectivity index (χ0) is 14.7. The van der Waals surface area contributed by atoms with Gasteiger partial charge in [-0.15, -0.1) is 12.4 Å². The summed E-state index contributed by atoms with van der Waals surface area (Å²) in [6.07, 6.45) is 5.97. The number of carbonyl (C=O) groups is 1. The first-order valence-corrected chi connectivity index (χ1v) is 7.14. The Morgan fingerprint density at radius 3 is 2.45 bits per heavy atom. The van der Waals surface area contributed by atoms with Crippen LogP contribution >= 0.6 is 12.4 Å². The van der Waals surface area contributed by atoms with E-state index in [-0.39, 0.29) is 18.3 Å². The van der Waals surface area contributed by atoms with Crippen LogP contribution in [0.1, 0.15) is 32.1 Å². The van der Waals surface area contributed by atoms with Crippen LogP contribution < -0.4 is 11.1 Å². The molecule has 3 rings (SSSR count). The van der Waals surface area contributed by atoms with Gasteiger partial charge in [0.05, 0.1) is 5.54 Å². The topological polar surface area (TPSA) is 94.0 Å². The molecule has 1 aliphatic rings. The van der Waals surface area contributed by atoms with Crippen molar-refractivity contribution in [2.75, 3.05) is 5.32 Å². The number of nitrogens with zero attached hydrogens (tertiary/aromatic N) is 2. The Bertz CT molecular complexity index is 607. The zero-order valence-corrected chi connectivity index (χ0v) is 12.9. The Kier molecular flexibility index (Phi) is 5.15. The Morgan fingerprint density at radius 1 is 1.18 bits per heavy atom. The van der Waals surface area contributed by atoms with E-state index in [0.29, 0.717) is 5.82 Å². The predicted molar refractivity (Wildman–Crippen MR) is 85.6 cm³/mol. The maximum Gasteiger partial charge on any atom is 0.244 e. The third kappa shape index (κ3) is 3.45. The standard InChI is InChI=1S/C15H18N4O2.ClH/c16-15(8-2-1-3-9-15)14(20)18-12-6-4-11(5-7-12)13-17-10-21-19-13;/h4-7,10H,1-3,8-9,16H2,(H,18,20);1H. The van der Waals surface area contributed by atoms with Gasteiger partial charge in [-0.25, -0.2) is 0 Å². The molecule has 1 aliphatic carbocycles. The minimum atomic E-state index is -0.732.